The Morgan fingerprint density at radius 2 is 2.20 bits per heavy atom. The van der Waals surface area contributed by atoms with Crippen LogP contribution in [0.15, 0.2) is 22.7 Å². The van der Waals surface area contributed by atoms with Gasteiger partial charge >= 0.3 is 0 Å². The summed E-state index contributed by atoms with van der Waals surface area (Å²) in [6.07, 6.45) is 0. The molecule has 0 atom stereocenters. The molecule has 0 radical (unpaired) electrons. The Kier molecular flexibility index (Phi) is 2.08. The van der Waals surface area contributed by atoms with Crippen LogP contribution < -0.4 is 0 Å². The largest absolute Gasteiger partial charge is 0.237 e. The first kappa shape index (κ1) is 7.30. The fraction of sp³-hybridized carbons (Fsp3) is 0.125. The zero-order valence-corrected chi connectivity index (χ0v) is 7.14. The van der Waals surface area contributed by atoms with Crippen LogP contribution in [-0.4, -0.2) is 0 Å². The summed E-state index contributed by atoms with van der Waals surface area (Å²) in [4.78, 5) is 3.33. The molecule has 0 heterocycles. The maximum absolute atomic E-state index is 6.78. The fourth-order valence-corrected chi connectivity index (χ4v) is 1.04. The minimum atomic E-state index is 0.681. The number of hydrogen-bond donors (Lipinski definition) is 0. The number of benzene rings is 1. The van der Waals surface area contributed by atoms with E-state index in [0.29, 0.717) is 5.69 Å². The third kappa shape index (κ3) is 1.37. The zero-order valence-electron chi connectivity index (χ0n) is 5.56. The molecule has 0 spiro atoms. The van der Waals surface area contributed by atoms with E-state index in [4.69, 9.17) is 6.57 Å². The molecule has 0 fully saturated rings. The molecule has 0 aliphatic heterocycles. The normalized spacial score (nSPS) is 8.90. The molecule has 0 amide bonds. The van der Waals surface area contributed by atoms with E-state index in [2.05, 4.69) is 20.8 Å². The van der Waals surface area contributed by atoms with Crippen molar-refractivity contribution in [2.45, 2.75) is 6.92 Å². The van der Waals surface area contributed by atoms with Gasteiger partial charge in [0.25, 0.3) is 0 Å². The van der Waals surface area contributed by atoms with Crippen LogP contribution in [-0.2, 0) is 0 Å². The molecule has 0 N–H and O–H groups in total. The summed E-state index contributed by atoms with van der Waals surface area (Å²) in [7, 11) is 0. The van der Waals surface area contributed by atoms with Gasteiger partial charge in [-0.1, -0.05) is 39.7 Å². The molecular formula is C8H6BrN. The van der Waals surface area contributed by atoms with Gasteiger partial charge in [0, 0.05) is 4.47 Å². The summed E-state index contributed by atoms with van der Waals surface area (Å²) in [6, 6.07) is 5.72. The lowest BCUT2D eigenvalue weighted by molar-refractivity contribution is 1.47. The molecule has 0 bridgehead atoms. The molecule has 1 nitrogen and oxygen atoms in total. The molecular weight excluding hydrogens is 190 g/mol. The minimum Gasteiger partial charge on any atom is -0.237 e. The van der Waals surface area contributed by atoms with Gasteiger partial charge in [-0.15, -0.1) is 0 Å². The molecule has 50 valence electrons. The third-order valence-corrected chi connectivity index (χ3v) is 1.89. The molecule has 0 aromatic heterocycles. The summed E-state index contributed by atoms with van der Waals surface area (Å²) in [5, 5.41) is 0. The van der Waals surface area contributed by atoms with Crippen LogP contribution >= 0.6 is 15.9 Å². The molecule has 0 saturated carbocycles. The quantitative estimate of drug-likeness (QED) is 0.560. The van der Waals surface area contributed by atoms with Gasteiger partial charge < -0.3 is 0 Å². The van der Waals surface area contributed by atoms with E-state index < -0.39 is 0 Å². The Labute approximate surface area is 68.6 Å². The lowest BCUT2D eigenvalue weighted by Crippen LogP contribution is -1.69. The molecule has 1 rings (SSSR count). The molecule has 0 aliphatic carbocycles. The van der Waals surface area contributed by atoms with Gasteiger partial charge in [0.15, 0.2) is 0 Å². The van der Waals surface area contributed by atoms with Crippen molar-refractivity contribution in [2.75, 3.05) is 0 Å². The molecule has 2 heteroatoms. The predicted octanol–water partition coefficient (Wildman–Crippen LogP) is 3.31. The predicted molar refractivity (Wildman–Crippen MR) is 45.1 cm³/mol. The topological polar surface area (TPSA) is 4.36 Å². The summed E-state index contributed by atoms with van der Waals surface area (Å²) in [6.45, 7) is 8.75. The highest BCUT2D eigenvalue weighted by Gasteiger charge is 1.96. The number of rotatable bonds is 0. The van der Waals surface area contributed by atoms with Crippen LogP contribution in [0.4, 0.5) is 5.69 Å². The summed E-state index contributed by atoms with van der Waals surface area (Å²) in [5.74, 6) is 0. The van der Waals surface area contributed by atoms with E-state index in [1.165, 1.54) is 0 Å². The highest BCUT2D eigenvalue weighted by atomic mass is 79.9. The monoisotopic (exact) mass is 195 g/mol. The van der Waals surface area contributed by atoms with Crippen molar-refractivity contribution in [3.05, 3.63) is 39.7 Å². The maximum atomic E-state index is 6.78. The van der Waals surface area contributed by atoms with E-state index in [1.54, 1.807) is 0 Å². The standard InChI is InChI=1S/C8H6BrN/c1-6-3-4-7(9)8(5-6)10-2/h3-5H,1H3. The van der Waals surface area contributed by atoms with Crippen molar-refractivity contribution in [3.8, 4) is 0 Å². The smallest absolute Gasteiger partial charge is 0.201 e. The van der Waals surface area contributed by atoms with Crippen molar-refractivity contribution >= 4 is 21.6 Å². The summed E-state index contributed by atoms with van der Waals surface area (Å²) in [5.41, 5.74) is 1.80. The second-order valence-corrected chi connectivity index (χ2v) is 2.92. The number of hydrogen-bond acceptors (Lipinski definition) is 0. The van der Waals surface area contributed by atoms with Crippen molar-refractivity contribution in [3.63, 3.8) is 0 Å². The zero-order chi connectivity index (χ0) is 7.56. The van der Waals surface area contributed by atoms with Gasteiger partial charge in [-0.3, -0.25) is 0 Å². The van der Waals surface area contributed by atoms with Crippen molar-refractivity contribution in [2.24, 2.45) is 0 Å². The highest BCUT2D eigenvalue weighted by molar-refractivity contribution is 9.10. The van der Waals surface area contributed by atoms with Crippen LogP contribution in [0.5, 0.6) is 0 Å². The summed E-state index contributed by atoms with van der Waals surface area (Å²) >= 11 is 3.28. The summed E-state index contributed by atoms with van der Waals surface area (Å²) < 4.78 is 0.869. The van der Waals surface area contributed by atoms with Crippen molar-refractivity contribution in [1.82, 2.24) is 0 Å². The van der Waals surface area contributed by atoms with E-state index >= 15 is 0 Å². The average Bonchev–Trinajstić information content (AvgIpc) is 1.94. The molecule has 1 aromatic carbocycles. The third-order valence-electron chi connectivity index (χ3n) is 1.22. The maximum Gasteiger partial charge on any atom is 0.201 e. The SMILES string of the molecule is [C-]#[N+]c1cc(C)ccc1Br. The first-order valence-corrected chi connectivity index (χ1v) is 3.67. The van der Waals surface area contributed by atoms with Crippen LogP contribution in [0.25, 0.3) is 4.85 Å². The van der Waals surface area contributed by atoms with Gasteiger partial charge in [-0.2, -0.15) is 0 Å². The number of nitrogens with zero attached hydrogens (tertiary/aromatic N) is 1. The molecule has 0 unspecified atom stereocenters. The van der Waals surface area contributed by atoms with Crippen LogP contribution in [0, 0.1) is 13.5 Å². The average molecular weight is 196 g/mol. The molecule has 10 heavy (non-hydrogen) atoms. The van der Waals surface area contributed by atoms with Gasteiger partial charge in [0.05, 0.1) is 6.57 Å². The van der Waals surface area contributed by atoms with E-state index in [9.17, 15) is 0 Å². The van der Waals surface area contributed by atoms with Crippen LogP contribution in [0.1, 0.15) is 5.56 Å². The van der Waals surface area contributed by atoms with Crippen LogP contribution in [0.3, 0.4) is 0 Å². The van der Waals surface area contributed by atoms with Crippen molar-refractivity contribution < 1.29 is 0 Å². The van der Waals surface area contributed by atoms with Crippen molar-refractivity contribution in [1.29, 1.82) is 0 Å². The highest BCUT2D eigenvalue weighted by Crippen LogP contribution is 2.25. The van der Waals surface area contributed by atoms with Gasteiger partial charge in [0.2, 0.25) is 5.69 Å². The Morgan fingerprint density at radius 3 is 2.70 bits per heavy atom. The Bertz CT molecular complexity index is 286. The number of halogens is 1. The second kappa shape index (κ2) is 2.85. The number of aryl methyl sites for hydroxylation is 1. The molecule has 0 aliphatic rings. The minimum absolute atomic E-state index is 0.681. The lowest BCUT2D eigenvalue weighted by Gasteiger charge is -1.94. The van der Waals surface area contributed by atoms with E-state index in [0.717, 1.165) is 10.0 Å². The second-order valence-electron chi connectivity index (χ2n) is 2.07. The fourth-order valence-electron chi connectivity index (χ4n) is 0.708. The Morgan fingerprint density at radius 1 is 1.50 bits per heavy atom. The van der Waals surface area contributed by atoms with Gasteiger partial charge in [0.1, 0.15) is 0 Å². The van der Waals surface area contributed by atoms with E-state index in [1.807, 2.05) is 25.1 Å². The Hall–Kier alpha value is -0.810. The van der Waals surface area contributed by atoms with Gasteiger partial charge in [-0.05, 0) is 6.92 Å². The van der Waals surface area contributed by atoms with E-state index in [-0.39, 0.29) is 0 Å². The lowest BCUT2D eigenvalue weighted by atomic mass is 10.2. The first-order chi connectivity index (χ1) is 4.74. The van der Waals surface area contributed by atoms with Gasteiger partial charge in [-0.25, -0.2) is 4.85 Å². The first-order valence-electron chi connectivity index (χ1n) is 2.87. The molecule has 0 saturated heterocycles. The molecule has 1 aromatic rings. The van der Waals surface area contributed by atoms with Crippen LogP contribution in [0.2, 0.25) is 0 Å². The Balaban J connectivity index is 3.25.